The molecule has 0 amide bonds. The van der Waals surface area contributed by atoms with Gasteiger partial charge in [-0.1, -0.05) is 78.9 Å². The number of allylic oxidation sites excluding steroid dienone is 1. The van der Waals surface area contributed by atoms with Crippen molar-refractivity contribution in [1.82, 2.24) is 0 Å². The van der Waals surface area contributed by atoms with E-state index in [0.717, 1.165) is 16.9 Å². The Balaban J connectivity index is 1.84. The number of nitrogens with zero attached hydrogens (tertiary/aromatic N) is 2. The average Bonchev–Trinajstić information content (AvgIpc) is 2.77. The first-order chi connectivity index (χ1) is 13.8. The summed E-state index contributed by atoms with van der Waals surface area (Å²) in [5.41, 5.74) is 2.53. The largest absolute Gasteiger partial charge is 0.496 e. The SMILES string of the molecule is COc1ccccc1/C=C/C=N\N=C(/C(=O)c1ccccc1)c1ccccc1. The Morgan fingerprint density at radius 2 is 1.43 bits per heavy atom. The molecule has 0 saturated carbocycles. The van der Waals surface area contributed by atoms with E-state index in [4.69, 9.17) is 4.74 Å². The first-order valence-corrected chi connectivity index (χ1v) is 8.85. The van der Waals surface area contributed by atoms with E-state index in [1.54, 1.807) is 31.5 Å². The smallest absolute Gasteiger partial charge is 0.213 e. The van der Waals surface area contributed by atoms with Gasteiger partial charge in [-0.25, -0.2) is 0 Å². The predicted molar refractivity (Wildman–Crippen MR) is 114 cm³/mol. The lowest BCUT2D eigenvalue weighted by atomic mass is 10.0. The van der Waals surface area contributed by atoms with Crippen LogP contribution in [0.4, 0.5) is 0 Å². The molecule has 4 nitrogen and oxygen atoms in total. The highest BCUT2D eigenvalue weighted by Gasteiger charge is 2.15. The van der Waals surface area contributed by atoms with Crippen LogP contribution in [0.25, 0.3) is 6.08 Å². The third-order valence-corrected chi connectivity index (χ3v) is 4.02. The molecule has 0 aliphatic heterocycles. The van der Waals surface area contributed by atoms with Gasteiger partial charge in [0.15, 0.2) is 0 Å². The monoisotopic (exact) mass is 368 g/mol. The molecule has 0 fully saturated rings. The summed E-state index contributed by atoms with van der Waals surface area (Å²) in [6.07, 6.45) is 5.18. The van der Waals surface area contributed by atoms with Crippen LogP contribution in [0.2, 0.25) is 0 Å². The van der Waals surface area contributed by atoms with Crippen LogP contribution < -0.4 is 4.74 Å². The molecule has 0 saturated heterocycles. The van der Waals surface area contributed by atoms with Crippen LogP contribution in [0.1, 0.15) is 21.5 Å². The summed E-state index contributed by atoms with van der Waals surface area (Å²) in [6, 6.07) is 26.1. The lowest BCUT2D eigenvalue weighted by Gasteiger charge is -2.04. The second-order valence-electron chi connectivity index (χ2n) is 5.88. The zero-order valence-electron chi connectivity index (χ0n) is 15.5. The van der Waals surface area contributed by atoms with Gasteiger partial charge in [-0.2, -0.15) is 5.10 Å². The van der Waals surface area contributed by atoms with Gasteiger partial charge in [0.25, 0.3) is 0 Å². The number of hydrogen-bond donors (Lipinski definition) is 0. The highest BCUT2D eigenvalue weighted by atomic mass is 16.5. The van der Waals surface area contributed by atoms with Crippen molar-refractivity contribution in [2.45, 2.75) is 0 Å². The Morgan fingerprint density at radius 3 is 2.11 bits per heavy atom. The molecule has 138 valence electrons. The molecule has 3 rings (SSSR count). The van der Waals surface area contributed by atoms with E-state index in [2.05, 4.69) is 10.2 Å². The second-order valence-corrected chi connectivity index (χ2v) is 5.88. The molecular formula is C24H20N2O2. The first-order valence-electron chi connectivity index (χ1n) is 8.85. The Morgan fingerprint density at radius 1 is 0.821 bits per heavy atom. The normalized spacial score (nSPS) is 11.8. The molecule has 4 heteroatoms. The van der Waals surface area contributed by atoms with Crippen molar-refractivity contribution in [3.8, 4) is 5.75 Å². The van der Waals surface area contributed by atoms with Crippen molar-refractivity contribution < 1.29 is 9.53 Å². The summed E-state index contributed by atoms with van der Waals surface area (Å²) in [7, 11) is 1.63. The minimum Gasteiger partial charge on any atom is -0.496 e. The van der Waals surface area contributed by atoms with Gasteiger partial charge >= 0.3 is 0 Å². The molecule has 0 aromatic heterocycles. The molecular weight excluding hydrogens is 348 g/mol. The highest BCUT2D eigenvalue weighted by molar-refractivity contribution is 6.51. The summed E-state index contributed by atoms with van der Waals surface area (Å²) in [5.74, 6) is 0.609. The summed E-state index contributed by atoms with van der Waals surface area (Å²) in [6.45, 7) is 0. The fraction of sp³-hybridized carbons (Fsp3) is 0.0417. The van der Waals surface area contributed by atoms with Gasteiger partial charge in [0.2, 0.25) is 5.78 Å². The molecule has 0 atom stereocenters. The molecule has 0 spiro atoms. The van der Waals surface area contributed by atoms with Crippen molar-refractivity contribution in [2.24, 2.45) is 10.2 Å². The number of ether oxygens (including phenoxy) is 1. The number of benzene rings is 3. The summed E-state index contributed by atoms with van der Waals surface area (Å²) in [4.78, 5) is 12.9. The highest BCUT2D eigenvalue weighted by Crippen LogP contribution is 2.18. The Kier molecular flexibility index (Phi) is 6.63. The first kappa shape index (κ1) is 19.0. The van der Waals surface area contributed by atoms with Crippen molar-refractivity contribution in [3.63, 3.8) is 0 Å². The maximum Gasteiger partial charge on any atom is 0.213 e. The molecule has 0 heterocycles. The maximum absolute atomic E-state index is 12.9. The molecule has 28 heavy (non-hydrogen) atoms. The van der Waals surface area contributed by atoms with Gasteiger partial charge in [0, 0.05) is 22.9 Å². The standard InChI is InChI=1S/C24H20N2O2/c1-28-22-17-9-8-11-19(22)16-10-18-25-26-23(20-12-4-2-5-13-20)24(27)21-14-6-3-7-15-21/h2-18H,1H3/b16-10+,25-18-,26-23-. The predicted octanol–water partition coefficient (Wildman–Crippen LogP) is 5.07. The fourth-order valence-electron chi connectivity index (χ4n) is 2.64. The number of methoxy groups -OCH3 is 1. The maximum atomic E-state index is 12.9. The number of para-hydroxylation sites is 1. The third-order valence-electron chi connectivity index (χ3n) is 4.02. The van der Waals surface area contributed by atoms with Gasteiger partial charge in [0.1, 0.15) is 11.5 Å². The topological polar surface area (TPSA) is 51.0 Å². The average molecular weight is 368 g/mol. The fourth-order valence-corrected chi connectivity index (χ4v) is 2.64. The number of carbonyl (C=O) groups excluding carboxylic acids is 1. The number of ketones is 1. The molecule has 3 aromatic rings. The molecule has 0 bridgehead atoms. The Hall–Kier alpha value is -3.79. The van der Waals surface area contributed by atoms with Crippen LogP contribution in [0.5, 0.6) is 5.75 Å². The van der Waals surface area contributed by atoms with Crippen LogP contribution in [0.15, 0.2) is 101 Å². The second kappa shape index (κ2) is 9.78. The lowest BCUT2D eigenvalue weighted by Crippen LogP contribution is -2.15. The van der Waals surface area contributed by atoms with Crippen molar-refractivity contribution in [3.05, 3.63) is 108 Å². The molecule has 3 aromatic carbocycles. The van der Waals surface area contributed by atoms with Crippen LogP contribution in [-0.4, -0.2) is 24.8 Å². The van der Waals surface area contributed by atoms with Crippen molar-refractivity contribution in [1.29, 1.82) is 0 Å². The van der Waals surface area contributed by atoms with Crippen LogP contribution >= 0.6 is 0 Å². The number of carbonyl (C=O) groups is 1. The molecule has 0 unspecified atom stereocenters. The molecule has 0 aliphatic rings. The lowest BCUT2D eigenvalue weighted by molar-refractivity contribution is 0.106. The van der Waals surface area contributed by atoms with E-state index >= 15 is 0 Å². The number of hydrogen-bond acceptors (Lipinski definition) is 4. The van der Waals surface area contributed by atoms with Gasteiger partial charge in [0.05, 0.1) is 7.11 Å². The van der Waals surface area contributed by atoms with Crippen molar-refractivity contribution >= 4 is 23.8 Å². The Labute approximate surface area is 164 Å². The van der Waals surface area contributed by atoms with Crippen LogP contribution in [0, 0.1) is 0 Å². The summed E-state index contributed by atoms with van der Waals surface area (Å²) < 4.78 is 5.31. The summed E-state index contributed by atoms with van der Waals surface area (Å²) in [5, 5.41) is 8.28. The zero-order valence-corrected chi connectivity index (χ0v) is 15.5. The molecule has 0 radical (unpaired) electrons. The van der Waals surface area contributed by atoms with Gasteiger partial charge in [-0.05, 0) is 18.2 Å². The zero-order chi connectivity index (χ0) is 19.6. The van der Waals surface area contributed by atoms with Gasteiger partial charge in [-0.15, -0.1) is 5.10 Å². The molecule has 0 aliphatic carbocycles. The van der Waals surface area contributed by atoms with E-state index in [1.807, 2.05) is 78.9 Å². The minimum absolute atomic E-state index is 0.169. The van der Waals surface area contributed by atoms with E-state index in [9.17, 15) is 4.79 Å². The van der Waals surface area contributed by atoms with E-state index in [1.165, 1.54) is 0 Å². The quantitative estimate of drug-likeness (QED) is 0.332. The van der Waals surface area contributed by atoms with Crippen LogP contribution in [-0.2, 0) is 0 Å². The third kappa shape index (κ3) is 4.89. The van der Waals surface area contributed by atoms with E-state index in [-0.39, 0.29) is 5.78 Å². The molecule has 0 N–H and O–H groups in total. The minimum atomic E-state index is -0.169. The van der Waals surface area contributed by atoms with E-state index < -0.39 is 0 Å². The van der Waals surface area contributed by atoms with Crippen LogP contribution in [0.3, 0.4) is 0 Å². The van der Waals surface area contributed by atoms with E-state index in [0.29, 0.717) is 11.3 Å². The van der Waals surface area contributed by atoms with Crippen molar-refractivity contribution in [2.75, 3.05) is 7.11 Å². The number of rotatable bonds is 7. The Bertz CT molecular complexity index is 1010. The summed E-state index contributed by atoms with van der Waals surface area (Å²) >= 11 is 0. The van der Waals surface area contributed by atoms with Gasteiger partial charge < -0.3 is 4.74 Å². The van der Waals surface area contributed by atoms with Gasteiger partial charge in [-0.3, -0.25) is 4.79 Å². The number of Topliss-reactive ketones (excluding diaryl/α,β-unsaturated/α-hetero) is 1.